The van der Waals surface area contributed by atoms with Crippen LogP contribution in [-0.4, -0.2) is 67.0 Å². The molecule has 3 rings (SSSR count). The summed E-state index contributed by atoms with van der Waals surface area (Å²) >= 11 is 0. The molecule has 1 aromatic heterocycles. The molecular weight excluding hydrogens is 417 g/mol. The number of halogens is 3. The summed E-state index contributed by atoms with van der Waals surface area (Å²) in [6, 6.07) is 0.485. The number of ether oxygens (including phenoxy) is 1. The van der Waals surface area contributed by atoms with Crippen molar-refractivity contribution < 1.29 is 36.3 Å². The third kappa shape index (κ3) is 3.70. The van der Waals surface area contributed by atoms with Crippen LogP contribution in [0.1, 0.15) is 11.3 Å². The van der Waals surface area contributed by atoms with Crippen LogP contribution in [0.5, 0.6) is 0 Å². The molecule has 13 heteroatoms. The van der Waals surface area contributed by atoms with E-state index >= 15 is 0 Å². The van der Waals surface area contributed by atoms with Crippen LogP contribution in [0.3, 0.4) is 0 Å². The number of likely N-dealkylation sites (N-methyl/N-ethyl adjacent to an activating group) is 1. The number of carbonyl (C=O) groups is 1. The fraction of sp³-hybridized carbons (Fsp3) is 0.312. The van der Waals surface area contributed by atoms with Gasteiger partial charge in [-0.1, -0.05) is 0 Å². The first-order valence-corrected chi connectivity index (χ1v) is 9.82. The minimum absolute atomic E-state index is 0.0247. The molecule has 0 spiro atoms. The summed E-state index contributed by atoms with van der Waals surface area (Å²) < 4.78 is 67.9. The average molecular weight is 432 g/mol. The Balaban J connectivity index is 2.15. The Labute approximate surface area is 163 Å². The predicted molar refractivity (Wildman–Crippen MR) is 92.2 cm³/mol. The number of sulfone groups is 1. The molecule has 0 radical (unpaired) electrons. The standard InChI is InChI=1S/C16H15F3N4O5S/c1-22-13(21-10-4-8(15(24)28-2)7-23(25)14(10)22)12-11(29(3,26)27)5-9(6-20-12)16(17,18)19/h4-7,14,25H,1-3H3. The second-order valence-electron chi connectivity index (χ2n) is 6.29. The van der Waals surface area contributed by atoms with Crippen molar-refractivity contribution in [1.29, 1.82) is 0 Å². The van der Waals surface area contributed by atoms with Crippen LogP contribution in [0.15, 0.2) is 45.7 Å². The zero-order chi connectivity index (χ0) is 21.7. The summed E-state index contributed by atoms with van der Waals surface area (Å²) in [5.41, 5.74) is -1.42. The van der Waals surface area contributed by atoms with Crippen LogP contribution in [0.4, 0.5) is 13.2 Å². The highest BCUT2D eigenvalue weighted by atomic mass is 32.2. The summed E-state index contributed by atoms with van der Waals surface area (Å²) in [7, 11) is -1.52. The molecule has 0 bridgehead atoms. The molecule has 2 aliphatic heterocycles. The van der Waals surface area contributed by atoms with Crippen molar-refractivity contribution in [3.63, 3.8) is 0 Å². The monoisotopic (exact) mass is 432 g/mol. The Bertz CT molecular complexity index is 1080. The number of rotatable bonds is 3. The molecule has 1 aromatic rings. The van der Waals surface area contributed by atoms with Gasteiger partial charge in [0.15, 0.2) is 21.8 Å². The molecule has 9 nitrogen and oxygen atoms in total. The Hall–Kier alpha value is -2.93. The summed E-state index contributed by atoms with van der Waals surface area (Å²) in [6.07, 6.45) is -2.05. The lowest BCUT2D eigenvalue weighted by atomic mass is 10.1. The number of pyridine rings is 1. The molecule has 3 heterocycles. The molecule has 29 heavy (non-hydrogen) atoms. The molecule has 0 aliphatic carbocycles. The van der Waals surface area contributed by atoms with Gasteiger partial charge >= 0.3 is 12.1 Å². The van der Waals surface area contributed by atoms with Crippen LogP contribution in [0.2, 0.25) is 0 Å². The average Bonchev–Trinajstić information content (AvgIpc) is 2.96. The number of alkyl halides is 3. The van der Waals surface area contributed by atoms with E-state index in [0.29, 0.717) is 17.3 Å². The van der Waals surface area contributed by atoms with E-state index < -0.39 is 38.6 Å². The number of hydroxylamine groups is 2. The predicted octanol–water partition coefficient (Wildman–Crippen LogP) is 1.17. The van der Waals surface area contributed by atoms with Crippen LogP contribution >= 0.6 is 0 Å². The van der Waals surface area contributed by atoms with E-state index in [0.717, 1.165) is 19.6 Å². The quantitative estimate of drug-likeness (QED) is 0.709. The summed E-state index contributed by atoms with van der Waals surface area (Å²) in [4.78, 5) is 20.3. The Kier molecular flexibility index (Phi) is 4.91. The Morgan fingerprint density at radius 2 is 2.00 bits per heavy atom. The van der Waals surface area contributed by atoms with Gasteiger partial charge in [0.25, 0.3) is 0 Å². The van der Waals surface area contributed by atoms with Crippen molar-refractivity contribution >= 4 is 21.6 Å². The largest absolute Gasteiger partial charge is 0.465 e. The van der Waals surface area contributed by atoms with Gasteiger partial charge in [-0.15, -0.1) is 0 Å². The second kappa shape index (κ2) is 6.84. The van der Waals surface area contributed by atoms with Gasteiger partial charge in [0.1, 0.15) is 5.69 Å². The van der Waals surface area contributed by atoms with E-state index in [1.54, 1.807) is 0 Å². The van der Waals surface area contributed by atoms with Gasteiger partial charge in [0.05, 0.1) is 28.8 Å². The molecular formula is C16H15F3N4O5S. The smallest absolute Gasteiger partial charge is 0.417 e. The summed E-state index contributed by atoms with van der Waals surface area (Å²) in [5.74, 6) is -0.834. The number of fused-ring (bicyclic) bond motifs is 1. The van der Waals surface area contributed by atoms with Gasteiger partial charge in [0, 0.05) is 25.7 Å². The molecule has 0 amide bonds. The molecule has 1 unspecified atom stereocenters. The van der Waals surface area contributed by atoms with Gasteiger partial charge in [-0.3, -0.25) is 10.2 Å². The fourth-order valence-electron chi connectivity index (χ4n) is 2.90. The SMILES string of the molecule is COC(=O)C1=CN(O)C2C(=C1)N=C(c1ncc(C(F)(F)F)cc1S(C)(=O)=O)N2C. The number of esters is 1. The van der Waals surface area contributed by atoms with Crippen LogP contribution in [-0.2, 0) is 25.5 Å². The fourth-order valence-corrected chi connectivity index (χ4v) is 3.74. The van der Waals surface area contributed by atoms with Crippen molar-refractivity contribution in [1.82, 2.24) is 14.9 Å². The Morgan fingerprint density at radius 1 is 1.34 bits per heavy atom. The number of aliphatic imine (C=N–C) groups is 1. The molecule has 1 atom stereocenters. The zero-order valence-corrected chi connectivity index (χ0v) is 16.1. The summed E-state index contributed by atoms with van der Waals surface area (Å²) in [6.45, 7) is 0. The number of aromatic nitrogens is 1. The zero-order valence-electron chi connectivity index (χ0n) is 15.3. The number of carbonyl (C=O) groups excluding carboxylic acids is 1. The number of methoxy groups -OCH3 is 1. The van der Waals surface area contributed by atoms with E-state index in [2.05, 4.69) is 14.7 Å². The van der Waals surface area contributed by atoms with E-state index in [9.17, 15) is 31.6 Å². The van der Waals surface area contributed by atoms with Crippen molar-refractivity contribution in [2.75, 3.05) is 20.4 Å². The lowest BCUT2D eigenvalue weighted by Gasteiger charge is -2.31. The highest BCUT2D eigenvalue weighted by Crippen LogP contribution is 2.34. The van der Waals surface area contributed by atoms with Crippen LogP contribution in [0.25, 0.3) is 0 Å². The lowest BCUT2D eigenvalue weighted by molar-refractivity contribution is -0.138. The molecule has 0 fully saturated rings. The topological polar surface area (TPSA) is 112 Å². The summed E-state index contributed by atoms with van der Waals surface area (Å²) in [5, 5.41) is 10.9. The van der Waals surface area contributed by atoms with Crippen LogP contribution in [0, 0.1) is 0 Å². The normalized spacial score (nSPS) is 19.4. The lowest BCUT2D eigenvalue weighted by Crippen LogP contribution is -2.44. The van der Waals surface area contributed by atoms with Gasteiger partial charge in [-0.25, -0.2) is 23.3 Å². The van der Waals surface area contributed by atoms with Crippen molar-refractivity contribution in [3.8, 4) is 0 Å². The first-order valence-electron chi connectivity index (χ1n) is 7.92. The maximum Gasteiger partial charge on any atom is 0.417 e. The first-order chi connectivity index (χ1) is 13.3. The van der Waals surface area contributed by atoms with Gasteiger partial charge in [-0.2, -0.15) is 13.2 Å². The highest BCUT2D eigenvalue weighted by Gasteiger charge is 2.40. The second-order valence-corrected chi connectivity index (χ2v) is 8.27. The molecule has 0 aromatic carbocycles. The van der Waals surface area contributed by atoms with Crippen LogP contribution < -0.4 is 0 Å². The molecule has 0 saturated carbocycles. The maximum absolute atomic E-state index is 13.0. The van der Waals surface area contributed by atoms with E-state index in [1.807, 2.05) is 0 Å². The first kappa shape index (κ1) is 20.8. The number of amidine groups is 1. The molecule has 156 valence electrons. The van der Waals surface area contributed by atoms with E-state index in [1.165, 1.54) is 18.0 Å². The molecule has 0 saturated heterocycles. The maximum atomic E-state index is 13.0. The van der Waals surface area contributed by atoms with Gasteiger partial charge in [-0.05, 0) is 12.1 Å². The van der Waals surface area contributed by atoms with Crippen molar-refractivity contribution in [2.45, 2.75) is 17.2 Å². The minimum atomic E-state index is -4.79. The van der Waals surface area contributed by atoms with Crippen molar-refractivity contribution in [2.24, 2.45) is 4.99 Å². The number of hydrogen-bond acceptors (Lipinski definition) is 9. The van der Waals surface area contributed by atoms with Gasteiger partial charge in [0.2, 0.25) is 0 Å². The third-order valence-corrected chi connectivity index (χ3v) is 5.35. The van der Waals surface area contributed by atoms with E-state index in [4.69, 9.17) is 0 Å². The Morgan fingerprint density at radius 3 is 2.55 bits per heavy atom. The minimum Gasteiger partial charge on any atom is -0.465 e. The van der Waals surface area contributed by atoms with E-state index in [-0.39, 0.29) is 22.8 Å². The molecule has 1 N–H and O–H groups in total. The molecule has 2 aliphatic rings. The van der Waals surface area contributed by atoms with Crippen molar-refractivity contribution in [3.05, 3.63) is 47.1 Å². The highest BCUT2D eigenvalue weighted by molar-refractivity contribution is 7.90. The van der Waals surface area contributed by atoms with Gasteiger partial charge < -0.3 is 9.64 Å². The number of nitrogens with zero attached hydrogens (tertiary/aromatic N) is 4. The third-order valence-electron chi connectivity index (χ3n) is 4.24. The number of hydrogen-bond donors (Lipinski definition) is 1.